The summed E-state index contributed by atoms with van der Waals surface area (Å²) in [5, 5.41) is 3.31. The van der Waals surface area contributed by atoms with Crippen LogP contribution in [0.4, 0.5) is 8.78 Å². The molecule has 1 aromatic rings. The Bertz CT molecular complexity index is 324. The molecule has 0 saturated heterocycles. The number of hydrogen-bond acceptors (Lipinski definition) is 2. The highest BCUT2D eigenvalue weighted by molar-refractivity contribution is 5.23. The van der Waals surface area contributed by atoms with Gasteiger partial charge in [-0.1, -0.05) is 6.92 Å². The Kier molecular flexibility index (Phi) is 5.91. The van der Waals surface area contributed by atoms with Gasteiger partial charge < -0.3 is 10.1 Å². The van der Waals surface area contributed by atoms with E-state index in [1.807, 2.05) is 0 Å². The van der Waals surface area contributed by atoms with E-state index in [0.29, 0.717) is 12.6 Å². The van der Waals surface area contributed by atoms with Crippen LogP contribution in [-0.2, 0) is 0 Å². The molecule has 0 saturated carbocycles. The fourth-order valence-electron chi connectivity index (χ4n) is 1.46. The maximum Gasteiger partial charge on any atom is 0.129 e. The van der Waals surface area contributed by atoms with Gasteiger partial charge in [-0.2, -0.15) is 0 Å². The average Bonchev–Trinajstić information content (AvgIpc) is 2.25. The summed E-state index contributed by atoms with van der Waals surface area (Å²) in [4.78, 5) is 0. The molecule has 17 heavy (non-hydrogen) atoms. The summed E-state index contributed by atoms with van der Waals surface area (Å²) in [6.07, 6.45) is 1.89. The van der Waals surface area contributed by atoms with Crippen LogP contribution in [0.5, 0.6) is 5.75 Å². The zero-order valence-electron chi connectivity index (χ0n) is 10.3. The van der Waals surface area contributed by atoms with E-state index in [1.54, 1.807) is 0 Å². The van der Waals surface area contributed by atoms with Crippen LogP contribution in [0.1, 0.15) is 26.7 Å². The van der Waals surface area contributed by atoms with Gasteiger partial charge in [0, 0.05) is 24.2 Å². The van der Waals surface area contributed by atoms with Crippen molar-refractivity contribution >= 4 is 0 Å². The van der Waals surface area contributed by atoms with Crippen molar-refractivity contribution in [3.05, 3.63) is 29.8 Å². The van der Waals surface area contributed by atoms with Gasteiger partial charge in [0.25, 0.3) is 0 Å². The van der Waals surface area contributed by atoms with E-state index in [-0.39, 0.29) is 5.75 Å². The van der Waals surface area contributed by atoms with Gasteiger partial charge >= 0.3 is 0 Å². The van der Waals surface area contributed by atoms with Crippen LogP contribution < -0.4 is 10.1 Å². The number of ether oxygens (including phenoxy) is 1. The summed E-state index contributed by atoms with van der Waals surface area (Å²) in [7, 11) is 0. The zero-order valence-corrected chi connectivity index (χ0v) is 10.3. The van der Waals surface area contributed by atoms with Crippen molar-refractivity contribution < 1.29 is 13.5 Å². The van der Waals surface area contributed by atoms with Crippen molar-refractivity contribution in [2.24, 2.45) is 0 Å². The molecule has 1 atom stereocenters. The molecule has 0 aliphatic carbocycles. The van der Waals surface area contributed by atoms with E-state index < -0.39 is 11.6 Å². The quantitative estimate of drug-likeness (QED) is 0.794. The molecule has 0 fully saturated rings. The van der Waals surface area contributed by atoms with Crippen LogP contribution in [-0.4, -0.2) is 19.2 Å². The van der Waals surface area contributed by atoms with Gasteiger partial charge in [-0.3, -0.25) is 0 Å². The maximum atomic E-state index is 12.8. The smallest absolute Gasteiger partial charge is 0.129 e. The summed E-state index contributed by atoms with van der Waals surface area (Å²) in [5.41, 5.74) is 0. The van der Waals surface area contributed by atoms with Gasteiger partial charge in [0.2, 0.25) is 0 Å². The molecular weight excluding hydrogens is 224 g/mol. The molecule has 96 valence electrons. The maximum absolute atomic E-state index is 12.8. The lowest BCUT2D eigenvalue weighted by atomic mass is 10.2. The predicted molar refractivity (Wildman–Crippen MR) is 64.2 cm³/mol. The van der Waals surface area contributed by atoms with E-state index in [9.17, 15) is 8.78 Å². The third kappa shape index (κ3) is 5.63. The first kappa shape index (κ1) is 13.9. The predicted octanol–water partition coefficient (Wildman–Crippen LogP) is 3.12. The summed E-state index contributed by atoms with van der Waals surface area (Å²) in [6.45, 7) is 5.58. The Morgan fingerprint density at radius 1 is 1.24 bits per heavy atom. The van der Waals surface area contributed by atoms with Crippen molar-refractivity contribution in [3.63, 3.8) is 0 Å². The number of rotatable bonds is 7. The van der Waals surface area contributed by atoms with Crippen LogP contribution in [0, 0.1) is 11.6 Å². The van der Waals surface area contributed by atoms with Crippen LogP contribution >= 0.6 is 0 Å². The highest BCUT2D eigenvalue weighted by Gasteiger charge is 2.03. The largest absolute Gasteiger partial charge is 0.493 e. The summed E-state index contributed by atoms with van der Waals surface area (Å²) in [6, 6.07) is 3.55. The normalized spacial score (nSPS) is 12.5. The number of hydrogen-bond donors (Lipinski definition) is 1. The molecule has 2 nitrogen and oxygen atoms in total. The Morgan fingerprint density at radius 2 is 1.88 bits per heavy atom. The molecule has 0 radical (unpaired) electrons. The van der Waals surface area contributed by atoms with Gasteiger partial charge in [0.1, 0.15) is 17.4 Å². The Hall–Kier alpha value is -1.16. The first-order valence-electron chi connectivity index (χ1n) is 5.94. The number of halogens is 2. The fraction of sp³-hybridized carbons (Fsp3) is 0.538. The van der Waals surface area contributed by atoms with E-state index in [1.165, 1.54) is 12.1 Å². The van der Waals surface area contributed by atoms with Crippen molar-refractivity contribution in [1.29, 1.82) is 0 Å². The van der Waals surface area contributed by atoms with Crippen molar-refractivity contribution in [3.8, 4) is 5.75 Å². The van der Waals surface area contributed by atoms with E-state index in [4.69, 9.17) is 4.74 Å². The molecule has 0 aliphatic rings. The second kappa shape index (κ2) is 7.22. The number of benzene rings is 1. The fourth-order valence-corrected chi connectivity index (χ4v) is 1.46. The minimum atomic E-state index is -0.614. The molecule has 1 rings (SSSR count). The lowest BCUT2D eigenvalue weighted by molar-refractivity contribution is 0.287. The van der Waals surface area contributed by atoms with Crippen LogP contribution in [0.25, 0.3) is 0 Å². The Labute approximate surface area is 101 Å². The summed E-state index contributed by atoms with van der Waals surface area (Å²) < 4.78 is 31.0. The second-order valence-corrected chi connectivity index (χ2v) is 4.10. The SMILES string of the molecule is CCCNC(C)CCOc1cc(F)cc(F)c1. The molecule has 0 bridgehead atoms. The highest BCUT2D eigenvalue weighted by atomic mass is 19.1. The van der Waals surface area contributed by atoms with Crippen LogP contribution in [0.3, 0.4) is 0 Å². The molecule has 1 N–H and O–H groups in total. The van der Waals surface area contributed by atoms with Crippen molar-refractivity contribution in [2.75, 3.05) is 13.2 Å². The molecule has 0 heterocycles. The van der Waals surface area contributed by atoms with Crippen molar-refractivity contribution in [2.45, 2.75) is 32.7 Å². The van der Waals surface area contributed by atoms with E-state index >= 15 is 0 Å². The zero-order chi connectivity index (χ0) is 12.7. The average molecular weight is 243 g/mol. The van der Waals surface area contributed by atoms with Gasteiger partial charge in [-0.05, 0) is 26.3 Å². The molecule has 1 aromatic carbocycles. The van der Waals surface area contributed by atoms with Gasteiger partial charge in [-0.25, -0.2) is 8.78 Å². The third-order valence-corrected chi connectivity index (χ3v) is 2.40. The van der Waals surface area contributed by atoms with Gasteiger partial charge in [-0.15, -0.1) is 0 Å². The minimum Gasteiger partial charge on any atom is -0.493 e. The Balaban J connectivity index is 2.30. The van der Waals surface area contributed by atoms with Gasteiger partial charge in [0.05, 0.1) is 6.61 Å². The van der Waals surface area contributed by atoms with E-state index in [0.717, 1.165) is 25.5 Å². The van der Waals surface area contributed by atoms with Gasteiger partial charge in [0.15, 0.2) is 0 Å². The standard InChI is InChI=1S/C13H19F2NO/c1-3-5-16-10(2)4-6-17-13-8-11(14)7-12(15)9-13/h7-10,16H,3-6H2,1-2H3. The monoisotopic (exact) mass is 243 g/mol. The summed E-state index contributed by atoms with van der Waals surface area (Å²) >= 11 is 0. The topological polar surface area (TPSA) is 21.3 Å². The Morgan fingerprint density at radius 3 is 2.47 bits per heavy atom. The first-order valence-corrected chi connectivity index (χ1v) is 5.94. The second-order valence-electron chi connectivity index (χ2n) is 4.10. The lowest BCUT2D eigenvalue weighted by Crippen LogP contribution is -2.28. The molecule has 0 spiro atoms. The molecule has 0 amide bonds. The molecule has 0 aliphatic heterocycles. The van der Waals surface area contributed by atoms with Crippen LogP contribution in [0.15, 0.2) is 18.2 Å². The third-order valence-electron chi connectivity index (χ3n) is 2.40. The van der Waals surface area contributed by atoms with Crippen LogP contribution in [0.2, 0.25) is 0 Å². The number of nitrogens with one attached hydrogen (secondary N) is 1. The molecule has 1 unspecified atom stereocenters. The van der Waals surface area contributed by atoms with E-state index in [2.05, 4.69) is 19.2 Å². The molecule has 0 aromatic heterocycles. The highest BCUT2D eigenvalue weighted by Crippen LogP contribution is 2.15. The summed E-state index contributed by atoms with van der Waals surface area (Å²) in [5.74, 6) is -0.987. The molecule has 4 heteroatoms. The first-order chi connectivity index (χ1) is 8.11. The van der Waals surface area contributed by atoms with Crippen molar-refractivity contribution in [1.82, 2.24) is 5.32 Å². The molecular formula is C13H19F2NO. The lowest BCUT2D eigenvalue weighted by Gasteiger charge is -2.13. The minimum absolute atomic E-state index is 0.241.